The summed E-state index contributed by atoms with van der Waals surface area (Å²) >= 11 is 0. The van der Waals surface area contributed by atoms with Gasteiger partial charge in [-0.1, -0.05) is 24.3 Å². The van der Waals surface area contributed by atoms with Crippen molar-refractivity contribution in [1.82, 2.24) is 4.90 Å². The van der Waals surface area contributed by atoms with Crippen molar-refractivity contribution in [3.8, 4) is 5.75 Å². The molecular weight excluding hydrogens is 317 g/mol. The van der Waals surface area contributed by atoms with Gasteiger partial charge >= 0.3 is 0 Å². The standard InChI is InChI=1S/C21H24FNO2/c1-15-12-17-13-16(2-7-20(17)25-15)14-23-10-8-21(24,9-11-23)18-3-5-19(22)6-4-18/h2-7,13,15,24H,8-12,14H2,1H3/t15-/m0/s1. The number of piperidine rings is 1. The number of rotatable bonds is 3. The summed E-state index contributed by atoms with van der Waals surface area (Å²) in [5.41, 5.74) is 2.57. The second-order valence-electron chi connectivity index (χ2n) is 7.39. The van der Waals surface area contributed by atoms with Gasteiger partial charge in [0.2, 0.25) is 0 Å². The summed E-state index contributed by atoms with van der Waals surface area (Å²) in [6, 6.07) is 12.7. The van der Waals surface area contributed by atoms with Crippen molar-refractivity contribution in [3.63, 3.8) is 0 Å². The molecule has 0 aromatic heterocycles. The molecule has 2 aliphatic rings. The number of fused-ring (bicyclic) bond motifs is 1. The van der Waals surface area contributed by atoms with E-state index in [1.165, 1.54) is 23.3 Å². The molecule has 0 radical (unpaired) electrons. The Balaban J connectivity index is 1.39. The first-order chi connectivity index (χ1) is 12.0. The van der Waals surface area contributed by atoms with Gasteiger partial charge in [-0.25, -0.2) is 4.39 Å². The molecule has 2 aromatic carbocycles. The van der Waals surface area contributed by atoms with E-state index in [2.05, 4.69) is 30.0 Å². The fraction of sp³-hybridized carbons (Fsp3) is 0.429. The molecule has 1 fully saturated rings. The van der Waals surface area contributed by atoms with Crippen molar-refractivity contribution in [1.29, 1.82) is 0 Å². The molecule has 0 amide bonds. The Morgan fingerprint density at radius 3 is 2.60 bits per heavy atom. The van der Waals surface area contributed by atoms with Crippen LogP contribution in [0.15, 0.2) is 42.5 Å². The topological polar surface area (TPSA) is 32.7 Å². The van der Waals surface area contributed by atoms with Gasteiger partial charge in [-0.3, -0.25) is 4.90 Å². The van der Waals surface area contributed by atoms with Crippen LogP contribution in [0.4, 0.5) is 4.39 Å². The third-order valence-corrected chi connectivity index (χ3v) is 5.43. The van der Waals surface area contributed by atoms with Crippen molar-refractivity contribution >= 4 is 0 Å². The van der Waals surface area contributed by atoms with Crippen LogP contribution in [0.3, 0.4) is 0 Å². The maximum atomic E-state index is 13.1. The van der Waals surface area contributed by atoms with E-state index in [9.17, 15) is 9.50 Å². The Bertz CT molecular complexity index is 751. The van der Waals surface area contributed by atoms with Gasteiger partial charge in [0.25, 0.3) is 0 Å². The highest BCUT2D eigenvalue weighted by molar-refractivity contribution is 5.40. The van der Waals surface area contributed by atoms with Crippen molar-refractivity contribution in [2.75, 3.05) is 13.1 Å². The van der Waals surface area contributed by atoms with Gasteiger partial charge < -0.3 is 9.84 Å². The van der Waals surface area contributed by atoms with Crippen LogP contribution in [0.2, 0.25) is 0 Å². The van der Waals surface area contributed by atoms with Crippen LogP contribution in [0.1, 0.15) is 36.5 Å². The van der Waals surface area contributed by atoms with E-state index in [4.69, 9.17) is 4.74 Å². The zero-order valence-electron chi connectivity index (χ0n) is 14.5. The molecule has 3 nitrogen and oxygen atoms in total. The number of ether oxygens (including phenoxy) is 1. The van der Waals surface area contributed by atoms with E-state index < -0.39 is 5.60 Å². The largest absolute Gasteiger partial charge is 0.490 e. The third-order valence-electron chi connectivity index (χ3n) is 5.43. The summed E-state index contributed by atoms with van der Waals surface area (Å²) < 4.78 is 18.9. The van der Waals surface area contributed by atoms with Crippen LogP contribution in [0.5, 0.6) is 5.75 Å². The molecule has 2 aliphatic heterocycles. The number of hydrogen-bond donors (Lipinski definition) is 1. The Labute approximate surface area is 148 Å². The lowest BCUT2D eigenvalue weighted by Crippen LogP contribution is -2.42. The molecule has 2 heterocycles. The molecule has 0 spiro atoms. The van der Waals surface area contributed by atoms with Crippen molar-refractivity contribution in [2.45, 2.75) is 44.4 Å². The maximum Gasteiger partial charge on any atom is 0.123 e. The molecule has 0 saturated carbocycles. The van der Waals surface area contributed by atoms with Crippen LogP contribution in [0, 0.1) is 5.82 Å². The minimum Gasteiger partial charge on any atom is -0.490 e. The molecule has 4 heteroatoms. The third kappa shape index (κ3) is 3.42. The predicted octanol–water partition coefficient (Wildman–Crippen LogP) is 3.63. The van der Waals surface area contributed by atoms with Gasteiger partial charge in [0.1, 0.15) is 17.7 Å². The quantitative estimate of drug-likeness (QED) is 0.925. The normalized spacial score (nSPS) is 22.4. The first-order valence-corrected chi connectivity index (χ1v) is 9.01. The fourth-order valence-electron chi connectivity index (χ4n) is 3.96. The van der Waals surface area contributed by atoms with Gasteiger partial charge in [0, 0.05) is 26.1 Å². The van der Waals surface area contributed by atoms with E-state index in [1.54, 1.807) is 12.1 Å². The number of hydrogen-bond acceptors (Lipinski definition) is 3. The lowest BCUT2D eigenvalue weighted by molar-refractivity contribution is -0.0277. The summed E-state index contributed by atoms with van der Waals surface area (Å²) in [7, 11) is 0. The van der Waals surface area contributed by atoms with Crippen LogP contribution in [-0.2, 0) is 18.6 Å². The Kier molecular flexibility index (Phi) is 4.26. The van der Waals surface area contributed by atoms with Crippen molar-refractivity contribution in [3.05, 3.63) is 65.0 Å². The van der Waals surface area contributed by atoms with Gasteiger partial charge in [-0.2, -0.15) is 0 Å². The molecule has 0 bridgehead atoms. The molecule has 25 heavy (non-hydrogen) atoms. The van der Waals surface area contributed by atoms with Gasteiger partial charge in [-0.15, -0.1) is 0 Å². The highest BCUT2D eigenvalue weighted by Crippen LogP contribution is 2.34. The molecular formula is C21H24FNO2. The summed E-state index contributed by atoms with van der Waals surface area (Å²) in [5, 5.41) is 10.9. The Morgan fingerprint density at radius 1 is 1.16 bits per heavy atom. The molecule has 2 aromatic rings. The lowest BCUT2D eigenvalue weighted by Gasteiger charge is -2.38. The van der Waals surface area contributed by atoms with E-state index in [1.807, 2.05) is 0 Å². The van der Waals surface area contributed by atoms with Gasteiger partial charge in [-0.05, 0) is 54.7 Å². The Hall–Kier alpha value is -1.91. The Morgan fingerprint density at radius 2 is 1.88 bits per heavy atom. The highest BCUT2D eigenvalue weighted by atomic mass is 19.1. The number of likely N-dealkylation sites (tertiary alicyclic amines) is 1. The smallest absolute Gasteiger partial charge is 0.123 e. The molecule has 1 atom stereocenters. The van der Waals surface area contributed by atoms with Crippen molar-refractivity contribution in [2.24, 2.45) is 0 Å². The number of nitrogens with zero attached hydrogens (tertiary/aromatic N) is 1. The number of benzene rings is 2. The van der Waals surface area contributed by atoms with Gasteiger partial charge in [0.15, 0.2) is 0 Å². The molecule has 132 valence electrons. The predicted molar refractivity (Wildman–Crippen MR) is 95.0 cm³/mol. The SMILES string of the molecule is C[C@H]1Cc2cc(CN3CCC(O)(c4ccc(F)cc4)CC3)ccc2O1. The van der Waals surface area contributed by atoms with Gasteiger partial charge in [0.05, 0.1) is 5.60 Å². The van der Waals surface area contributed by atoms with Crippen LogP contribution < -0.4 is 4.74 Å². The van der Waals surface area contributed by atoms with Crippen molar-refractivity contribution < 1.29 is 14.2 Å². The summed E-state index contributed by atoms with van der Waals surface area (Å²) in [6.45, 7) is 4.65. The molecule has 1 N–H and O–H groups in total. The zero-order valence-corrected chi connectivity index (χ0v) is 14.5. The molecule has 4 rings (SSSR count). The monoisotopic (exact) mass is 341 g/mol. The first-order valence-electron chi connectivity index (χ1n) is 9.01. The second kappa shape index (κ2) is 6.43. The average molecular weight is 341 g/mol. The van der Waals surface area contributed by atoms with Crippen LogP contribution in [0.25, 0.3) is 0 Å². The molecule has 0 unspecified atom stereocenters. The molecule has 0 aliphatic carbocycles. The van der Waals surface area contributed by atoms with Crippen LogP contribution in [-0.4, -0.2) is 29.2 Å². The van der Waals surface area contributed by atoms with E-state index in [-0.39, 0.29) is 11.9 Å². The van der Waals surface area contributed by atoms with E-state index >= 15 is 0 Å². The first kappa shape index (κ1) is 16.6. The molecule has 1 saturated heterocycles. The zero-order chi connectivity index (χ0) is 17.4. The lowest BCUT2D eigenvalue weighted by atomic mass is 9.84. The highest BCUT2D eigenvalue weighted by Gasteiger charge is 2.34. The number of halogens is 1. The summed E-state index contributed by atoms with van der Waals surface area (Å²) in [4.78, 5) is 2.37. The van der Waals surface area contributed by atoms with E-state index in [0.717, 1.165) is 37.4 Å². The van der Waals surface area contributed by atoms with Crippen LogP contribution >= 0.6 is 0 Å². The number of aliphatic hydroxyl groups is 1. The fourth-order valence-corrected chi connectivity index (χ4v) is 3.96. The summed E-state index contributed by atoms with van der Waals surface area (Å²) in [5.74, 6) is 0.750. The van der Waals surface area contributed by atoms with E-state index in [0.29, 0.717) is 12.8 Å². The minimum absolute atomic E-state index is 0.264. The maximum absolute atomic E-state index is 13.1. The summed E-state index contributed by atoms with van der Waals surface area (Å²) in [6.07, 6.45) is 2.59. The average Bonchev–Trinajstić information content (AvgIpc) is 2.97. The minimum atomic E-state index is -0.842. The second-order valence-corrected chi connectivity index (χ2v) is 7.39.